The molecule has 4 heterocycles. The number of nitrogens with one attached hydrogen (secondary N) is 1. The van der Waals surface area contributed by atoms with Gasteiger partial charge in [-0.3, -0.25) is 9.47 Å². The van der Waals surface area contributed by atoms with Gasteiger partial charge in [-0.2, -0.15) is 4.99 Å². The third-order valence-electron chi connectivity index (χ3n) is 7.64. The van der Waals surface area contributed by atoms with Crippen LogP contribution >= 0.6 is 0 Å². The van der Waals surface area contributed by atoms with Crippen molar-refractivity contribution in [3.63, 3.8) is 0 Å². The van der Waals surface area contributed by atoms with Crippen LogP contribution in [0.25, 0.3) is 28.8 Å². The zero-order valence-corrected chi connectivity index (χ0v) is 21.6. The van der Waals surface area contributed by atoms with E-state index < -0.39 is 6.29 Å². The van der Waals surface area contributed by atoms with Gasteiger partial charge in [0.25, 0.3) is 0 Å². The van der Waals surface area contributed by atoms with Gasteiger partial charge in [0.05, 0.1) is 28.0 Å². The summed E-state index contributed by atoms with van der Waals surface area (Å²) in [6.45, 7) is 0. The molecule has 0 saturated heterocycles. The highest BCUT2D eigenvalue weighted by molar-refractivity contribution is 6.13. The molecule has 0 spiro atoms. The summed E-state index contributed by atoms with van der Waals surface area (Å²) in [6, 6.07) is 26.3. The number of hydrogen-bond donors (Lipinski definition) is 3. The second-order valence-corrected chi connectivity index (χ2v) is 10.3. The van der Waals surface area contributed by atoms with Gasteiger partial charge in [0, 0.05) is 22.3 Å². The molecule has 1 unspecified atom stereocenters. The van der Waals surface area contributed by atoms with E-state index in [2.05, 4.69) is 64.5 Å². The van der Waals surface area contributed by atoms with Gasteiger partial charge in [0.1, 0.15) is 0 Å². The number of benzene rings is 3. The van der Waals surface area contributed by atoms with Crippen LogP contribution in [-0.4, -0.2) is 39.4 Å². The Hall–Kier alpha value is -5.21. The normalized spacial score (nSPS) is 20.9. The van der Waals surface area contributed by atoms with E-state index in [1.807, 2.05) is 53.4 Å². The van der Waals surface area contributed by atoms with Crippen LogP contribution in [0.5, 0.6) is 0 Å². The molecule has 1 aromatic heterocycles. The van der Waals surface area contributed by atoms with Crippen LogP contribution in [0, 0.1) is 0 Å². The average Bonchev–Trinajstić information content (AvgIpc) is 3.30. The van der Waals surface area contributed by atoms with Gasteiger partial charge in [-0.25, -0.2) is 9.98 Å². The second kappa shape index (κ2) is 8.65. The number of anilines is 1. The topological polar surface area (TPSA) is 109 Å². The van der Waals surface area contributed by atoms with Gasteiger partial charge < -0.3 is 16.8 Å². The summed E-state index contributed by atoms with van der Waals surface area (Å²) >= 11 is 0. The summed E-state index contributed by atoms with van der Waals surface area (Å²) in [5, 5.41) is 6.76. The Morgan fingerprint density at radius 1 is 0.875 bits per heavy atom. The Morgan fingerprint density at radius 2 is 1.65 bits per heavy atom. The molecule has 8 rings (SSSR count). The van der Waals surface area contributed by atoms with Gasteiger partial charge in [0.2, 0.25) is 18.2 Å². The SMILES string of the molecule is Nc1ccc2c3c(n(C4=NC5N=C(c6ccccc6)C=C6C=C(c7ccccc7)NC(=N4)N65)c2c1)=C[C@H](N)CC=3. The molecule has 2 atom stereocenters. The third-order valence-corrected chi connectivity index (χ3v) is 7.64. The van der Waals surface area contributed by atoms with Crippen LogP contribution in [-0.2, 0) is 0 Å². The fourth-order valence-electron chi connectivity index (χ4n) is 5.78. The highest BCUT2D eigenvalue weighted by Crippen LogP contribution is 2.31. The molecule has 0 radical (unpaired) electrons. The number of hydrogen-bond acceptors (Lipinski definition) is 7. The summed E-state index contributed by atoms with van der Waals surface area (Å²) in [6.07, 6.45) is 8.76. The smallest absolute Gasteiger partial charge is 0.237 e. The number of allylic oxidation sites excluding steroid dienone is 2. The molecule has 0 saturated carbocycles. The summed E-state index contributed by atoms with van der Waals surface area (Å²) in [5.74, 6) is 1.20. The van der Waals surface area contributed by atoms with E-state index in [0.717, 1.165) is 56.1 Å². The lowest BCUT2D eigenvalue weighted by Gasteiger charge is -2.39. The molecule has 8 heteroatoms. The number of aromatic nitrogens is 1. The monoisotopic (exact) mass is 522 g/mol. The predicted octanol–water partition coefficient (Wildman–Crippen LogP) is 2.71. The van der Waals surface area contributed by atoms with Crippen LogP contribution in [0.15, 0.2) is 112 Å². The zero-order valence-electron chi connectivity index (χ0n) is 21.6. The molecule has 8 nitrogen and oxygen atoms in total. The van der Waals surface area contributed by atoms with Gasteiger partial charge in [-0.1, -0.05) is 72.8 Å². The highest BCUT2D eigenvalue weighted by Gasteiger charge is 2.36. The quantitative estimate of drug-likeness (QED) is 0.352. The molecule has 3 aromatic carbocycles. The van der Waals surface area contributed by atoms with Crippen LogP contribution in [0.1, 0.15) is 17.5 Å². The first-order valence-electron chi connectivity index (χ1n) is 13.4. The van der Waals surface area contributed by atoms with E-state index in [9.17, 15) is 0 Å². The van der Waals surface area contributed by atoms with Crippen molar-refractivity contribution in [2.75, 3.05) is 5.73 Å². The maximum Gasteiger partial charge on any atom is 0.237 e. The number of guanidine groups is 1. The largest absolute Gasteiger partial charge is 0.399 e. The van der Waals surface area contributed by atoms with Crippen molar-refractivity contribution >= 4 is 52.1 Å². The number of rotatable bonds is 2. The summed E-state index contributed by atoms with van der Waals surface area (Å²) in [4.78, 5) is 17.3. The van der Waals surface area contributed by atoms with Gasteiger partial charge in [-0.05, 0) is 47.9 Å². The van der Waals surface area contributed by atoms with Gasteiger partial charge in [-0.15, -0.1) is 0 Å². The molecule has 0 amide bonds. The van der Waals surface area contributed by atoms with Crippen LogP contribution in [0.2, 0.25) is 0 Å². The van der Waals surface area contributed by atoms with Crippen molar-refractivity contribution in [2.24, 2.45) is 20.7 Å². The maximum absolute atomic E-state index is 6.39. The fourth-order valence-corrected chi connectivity index (χ4v) is 5.78. The molecule has 3 aliphatic heterocycles. The summed E-state index contributed by atoms with van der Waals surface area (Å²) < 4.78 is 2.07. The molecule has 5 N–H and O–H groups in total. The minimum Gasteiger partial charge on any atom is -0.399 e. The van der Waals surface area contributed by atoms with E-state index in [1.54, 1.807) is 0 Å². The van der Waals surface area contributed by atoms with E-state index in [1.165, 1.54) is 0 Å². The standard InChI is InChI=1S/C32H26N8/c33-21-11-13-24-25-14-12-22(34)16-29(25)40(28(24)15-21)32-37-30-35-26(19-7-3-1-4-8-19)17-23-18-27(20-9-5-2-6-10-20)36-31(38-32)39(23)30/h1-11,13-18,22,30H,12,33-34H2,(H,36,37,38)/t22-,30?/m1/s1. The lowest BCUT2D eigenvalue weighted by molar-refractivity contribution is 0.382. The second-order valence-electron chi connectivity index (χ2n) is 10.3. The number of aliphatic imine (C=N–C) groups is 3. The van der Waals surface area contributed by atoms with Crippen LogP contribution < -0.4 is 27.4 Å². The van der Waals surface area contributed by atoms with E-state index in [-0.39, 0.29) is 6.04 Å². The van der Waals surface area contributed by atoms with Crippen molar-refractivity contribution in [2.45, 2.75) is 18.8 Å². The highest BCUT2D eigenvalue weighted by atomic mass is 15.5. The Morgan fingerprint density at radius 3 is 2.45 bits per heavy atom. The molecule has 40 heavy (non-hydrogen) atoms. The molecule has 4 aliphatic rings. The molecule has 194 valence electrons. The Kier molecular flexibility index (Phi) is 4.92. The van der Waals surface area contributed by atoms with Crippen LogP contribution in [0.3, 0.4) is 0 Å². The molecule has 1 aliphatic carbocycles. The van der Waals surface area contributed by atoms with E-state index in [4.69, 9.17) is 26.4 Å². The fraction of sp³-hybridized carbons (Fsp3) is 0.0938. The maximum atomic E-state index is 6.39. The first kappa shape index (κ1) is 22.7. The molecular formula is C32H26N8. The Bertz CT molecular complexity index is 1980. The van der Waals surface area contributed by atoms with Gasteiger partial charge >= 0.3 is 0 Å². The third kappa shape index (κ3) is 3.54. The Labute approximate surface area is 230 Å². The van der Waals surface area contributed by atoms with E-state index in [0.29, 0.717) is 17.6 Å². The van der Waals surface area contributed by atoms with Gasteiger partial charge in [0.15, 0.2) is 0 Å². The number of fused-ring (bicyclic) bond motifs is 3. The number of nitrogens with zero attached hydrogens (tertiary/aromatic N) is 5. The Balaban J connectivity index is 1.37. The zero-order chi connectivity index (χ0) is 26.8. The number of nitrogen functional groups attached to an aromatic ring is 1. The number of nitrogens with two attached hydrogens (primary N) is 2. The lowest BCUT2D eigenvalue weighted by atomic mass is 10.0. The van der Waals surface area contributed by atoms with Crippen molar-refractivity contribution in [3.8, 4) is 0 Å². The van der Waals surface area contributed by atoms with Crippen molar-refractivity contribution in [3.05, 3.63) is 118 Å². The first-order chi connectivity index (χ1) is 19.6. The van der Waals surface area contributed by atoms with Crippen LogP contribution in [0.4, 0.5) is 5.69 Å². The summed E-state index contributed by atoms with van der Waals surface area (Å²) in [7, 11) is 0. The lowest BCUT2D eigenvalue weighted by Crippen LogP contribution is -2.52. The summed E-state index contributed by atoms with van der Waals surface area (Å²) in [5.41, 5.74) is 19.2. The minimum atomic E-state index is -0.533. The van der Waals surface area contributed by atoms with Crippen molar-refractivity contribution in [1.29, 1.82) is 0 Å². The molecule has 0 fully saturated rings. The van der Waals surface area contributed by atoms with Crippen molar-refractivity contribution < 1.29 is 0 Å². The van der Waals surface area contributed by atoms with Crippen molar-refractivity contribution in [1.82, 2.24) is 14.8 Å². The minimum absolute atomic E-state index is 0.0893. The molecule has 0 bridgehead atoms. The molecular weight excluding hydrogens is 496 g/mol. The first-order valence-corrected chi connectivity index (χ1v) is 13.4. The predicted molar refractivity (Wildman–Crippen MR) is 162 cm³/mol. The molecule has 4 aromatic rings. The van der Waals surface area contributed by atoms with E-state index >= 15 is 0 Å². The average molecular weight is 523 g/mol.